The van der Waals surface area contributed by atoms with Crippen LogP contribution in [0.2, 0.25) is 0 Å². The number of aryl methyl sites for hydroxylation is 1. The van der Waals surface area contributed by atoms with Gasteiger partial charge in [0.25, 0.3) is 0 Å². The summed E-state index contributed by atoms with van der Waals surface area (Å²) in [4.78, 5) is 35.3. The first-order valence-electron chi connectivity index (χ1n) is 16.7. The lowest BCUT2D eigenvalue weighted by molar-refractivity contribution is -0.155. The van der Waals surface area contributed by atoms with Crippen LogP contribution in [-0.2, 0) is 25.5 Å². The Morgan fingerprint density at radius 2 is 1.07 bits per heavy atom. The summed E-state index contributed by atoms with van der Waals surface area (Å²) >= 11 is 0. The van der Waals surface area contributed by atoms with Gasteiger partial charge in [-0.05, 0) is 78.5 Å². The molecule has 1 aromatic rings. The molecule has 7 heteroatoms. The van der Waals surface area contributed by atoms with Crippen LogP contribution in [0, 0.1) is 0 Å². The average Bonchev–Trinajstić information content (AvgIpc) is 2.89. The zero-order valence-corrected chi connectivity index (χ0v) is 28.1. The number of aliphatic carboxylic acids is 1. The van der Waals surface area contributed by atoms with Crippen molar-refractivity contribution in [1.29, 1.82) is 0 Å². The van der Waals surface area contributed by atoms with E-state index in [1.54, 1.807) is 32.9 Å². The fourth-order valence-corrected chi connectivity index (χ4v) is 4.96. The first-order valence-corrected chi connectivity index (χ1v) is 16.7. The topological polar surface area (TPSA) is 99.1 Å². The number of carboxylic acid groups (broad SMARTS) is 1. The van der Waals surface area contributed by atoms with Crippen molar-refractivity contribution in [2.75, 3.05) is 6.61 Å². The van der Waals surface area contributed by atoms with Crippen molar-refractivity contribution < 1.29 is 33.7 Å². The molecule has 1 N–H and O–H groups in total. The largest absolute Gasteiger partial charge is 0.481 e. The number of hydrogen-bond donors (Lipinski definition) is 1. The summed E-state index contributed by atoms with van der Waals surface area (Å²) in [7, 11) is 0. The van der Waals surface area contributed by atoms with Gasteiger partial charge in [0.15, 0.2) is 6.61 Å². The quantitative estimate of drug-likeness (QED) is 0.0980. The van der Waals surface area contributed by atoms with Gasteiger partial charge in [0, 0.05) is 6.42 Å². The van der Waals surface area contributed by atoms with E-state index in [9.17, 15) is 14.4 Å². The van der Waals surface area contributed by atoms with Crippen LogP contribution in [0.1, 0.15) is 167 Å². The first kappa shape index (κ1) is 38.5. The highest BCUT2D eigenvalue weighted by Gasteiger charge is 2.22. The third-order valence-corrected chi connectivity index (χ3v) is 7.03. The highest BCUT2D eigenvalue weighted by Crippen LogP contribution is 2.25. The summed E-state index contributed by atoms with van der Waals surface area (Å²) in [5.41, 5.74) is 0.281. The van der Waals surface area contributed by atoms with E-state index < -0.39 is 24.1 Å². The fourth-order valence-electron chi connectivity index (χ4n) is 4.96. The summed E-state index contributed by atoms with van der Waals surface area (Å²) in [5, 5.41) is 8.94. The molecule has 0 aliphatic carbocycles. The van der Waals surface area contributed by atoms with E-state index in [-0.39, 0.29) is 22.9 Å². The van der Waals surface area contributed by atoms with Crippen LogP contribution in [0.3, 0.4) is 0 Å². The number of carbonyl (C=O) groups is 3. The second-order valence-corrected chi connectivity index (χ2v) is 13.8. The number of carbonyl (C=O) groups excluding carboxylic acids is 2. The highest BCUT2D eigenvalue weighted by molar-refractivity contribution is 5.93. The Balaban J connectivity index is 2.07. The van der Waals surface area contributed by atoms with Gasteiger partial charge >= 0.3 is 17.9 Å². The Hall–Kier alpha value is -2.57. The molecule has 0 radical (unpaired) electrons. The number of esters is 2. The molecule has 0 unspecified atom stereocenters. The van der Waals surface area contributed by atoms with E-state index in [4.69, 9.17) is 19.3 Å². The SMILES string of the molecule is CC(C)(C)OC(=O)CCCCCCCCCCCCCCCCCCc1ccc(OCC(=O)O)c(C(=O)OC(C)(C)C)c1. The molecule has 1 rings (SSSR count). The minimum atomic E-state index is -1.09. The van der Waals surface area contributed by atoms with Crippen LogP contribution >= 0.6 is 0 Å². The van der Waals surface area contributed by atoms with Crippen molar-refractivity contribution in [3.8, 4) is 5.75 Å². The molecule has 0 saturated heterocycles. The maximum atomic E-state index is 12.7. The van der Waals surface area contributed by atoms with E-state index in [0.717, 1.165) is 37.7 Å². The lowest BCUT2D eigenvalue weighted by Crippen LogP contribution is -2.24. The van der Waals surface area contributed by atoms with Crippen LogP contribution in [0.4, 0.5) is 0 Å². The highest BCUT2D eigenvalue weighted by atomic mass is 16.6. The van der Waals surface area contributed by atoms with Crippen LogP contribution in [0.5, 0.6) is 5.75 Å². The summed E-state index contributed by atoms with van der Waals surface area (Å²) < 4.78 is 16.2. The second kappa shape index (κ2) is 21.2. The molecule has 0 aliphatic heterocycles. The van der Waals surface area contributed by atoms with Crippen molar-refractivity contribution >= 4 is 17.9 Å². The molecule has 246 valence electrons. The van der Waals surface area contributed by atoms with E-state index in [1.165, 1.54) is 77.0 Å². The van der Waals surface area contributed by atoms with E-state index in [2.05, 4.69) is 0 Å². The normalized spacial score (nSPS) is 11.8. The smallest absolute Gasteiger partial charge is 0.342 e. The number of rotatable bonds is 23. The summed E-state index contributed by atoms with van der Waals surface area (Å²) in [6.07, 6.45) is 21.2. The maximum Gasteiger partial charge on any atom is 0.342 e. The van der Waals surface area contributed by atoms with E-state index in [1.807, 2.05) is 26.8 Å². The fraction of sp³-hybridized carbons (Fsp3) is 0.750. The lowest BCUT2D eigenvalue weighted by Gasteiger charge is -2.21. The molecule has 0 fully saturated rings. The number of carboxylic acids is 1. The Bertz CT molecular complexity index is 940. The maximum absolute atomic E-state index is 12.7. The summed E-state index contributed by atoms with van der Waals surface area (Å²) in [6, 6.07) is 5.36. The Morgan fingerprint density at radius 1 is 0.628 bits per heavy atom. The van der Waals surface area contributed by atoms with Gasteiger partial charge in [-0.1, -0.05) is 96.0 Å². The molecule has 0 aliphatic rings. The van der Waals surface area contributed by atoms with Crippen molar-refractivity contribution in [2.45, 2.75) is 168 Å². The molecule has 0 aromatic heterocycles. The van der Waals surface area contributed by atoms with Crippen LogP contribution < -0.4 is 4.74 Å². The molecular formula is C36H60O7. The predicted octanol–water partition coefficient (Wildman–Crippen LogP) is 9.62. The third kappa shape index (κ3) is 21.7. The predicted molar refractivity (Wildman–Crippen MR) is 173 cm³/mol. The summed E-state index contributed by atoms with van der Waals surface area (Å²) in [6.45, 7) is 10.6. The molecule has 0 heterocycles. The van der Waals surface area contributed by atoms with Crippen LogP contribution in [-0.4, -0.2) is 40.8 Å². The van der Waals surface area contributed by atoms with Crippen molar-refractivity contribution in [3.05, 3.63) is 29.3 Å². The number of unbranched alkanes of at least 4 members (excludes halogenated alkanes) is 15. The number of benzene rings is 1. The van der Waals surface area contributed by atoms with Crippen molar-refractivity contribution in [2.24, 2.45) is 0 Å². The first-order chi connectivity index (χ1) is 20.3. The van der Waals surface area contributed by atoms with Gasteiger partial charge in [-0.25, -0.2) is 9.59 Å². The monoisotopic (exact) mass is 604 g/mol. The average molecular weight is 605 g/mol. The Kier molecular flexibility index (Phi) is 18.9. The van der Waals surface area contributed by atoms with Gasteiger partial charge in [0.2, 0.25) is 0 Å². The Labute approximate surface area is 261 Å². The van der Waals surface area contributed by atoms with Gasteiger partial charge in [0.1, 0.15) is 22.5 Å². The minimum absolute atomic E-state index is 0.0739. The zero-order valence-electron chi connectivity index (χ0n) is 28.1. The molecule has 0 saturated carbocycles. The molecule has 43 heavy (non-hydrogen) atoms. The third-order valence-electron chi connectivity index (χ3n) is 7.03. The molecule has 1 aromatic carbocycles. The van der Waals surface area contributed by atoms with E-state index >= 15 is 0 Å². The van der Waals surface area contributed by atoms with Crippen LogP contribution in [0.25, 0.3) is 0 Å². The summed E-state index contributed by atoms with van der Waals surface area (Å²) in [5.74, 6) is -1.43. The van der Waals surface area contributed by atoms with Gasteiger partial charge in [-0.2, -0.15) is 0 Å². The van der Waals surface area contributed by atoms with Crippen molar-refractivity contribution in [3.63, 3.8) is 0 Å². The lowest BCUT2D eigenvalue weighted by atomic mass is 10.0. The van der Waals surface area contributed by atoms with Gasteiger partial charge in [-0.3, -0.25) is 4.79 Å². The number of ether oxygens (including phenoxy) is 3. The van der Waals surface area contributed by atoms with Gasteiger partial charge < -0.3 is 19.3 Å². The van der Waals surface area contributed by atoms with Crippen LogP contribution in [0.15, 0.2) is 18.2 Å². The molecule has 0 atom stereocenters. The molecule has 0 bridgehead atoms. The van der Waals surface area contributed by atoms with Crippen molar-refractivity contribution in [1.82, 2.24) is 0 Å². The van der Waals surface area contributed by atoms with E-state index in [0.29, 0.717) is 6.42 Å². The number of hydrogen-bond acceptors (Lipinski definition) is 6. The molecule has 0 spiro atoms. The zero-order chi connectivity index (χ0) is 32.1. The minimum Gasteiger partial charge on any atom is -0.481 e. The Morgan fingerprint density at radius 3 is 1.51 bits per heavy atom. The second-order valence-electron chi connectivity index (χ2n) is 13.8. The van der Waals surface area contributed by atoms with Gasteiger partial charge in [0.05, 0.1) is 0 Å². The van der Waals surface area contributed by atoms with Gasteiger partial charge in [-0.15, -0.1) is 0 Å². The molecular weight excluding hydrogens is 544 g/mol. The standard InChI is InChI=1S/C36H60O7/c1-35(2,3)42-33(39)24-22-20-18-16-14-12-10-8-7-9-11-13-15-17-19-21-23-29-25-26-31(41-28-32(37)38)30(27-29)34(40)43-36(4,5)6/h25-27H,7-24,28H2,1-6H3,(H,37,38). The molecule has 0 amide bonds. The molecule has 7 nitrogen and oxygen atoms in total.